The fraction of sp³-hybridized carbons (Fsp3) is 0.526. The average molecular weight is 303 g/mol. The lowest BCUT2D eigenvalue weighted by molar-refractivity contribution is 0.265. The number of alkyl halides is 1. The van der Waals surface area contributed by atoms with E-state index in [9.17, 15) is 8.78 Å². The third kappa shape index (κ3) is 4.94. The van der Waals surface area contributed by atoms with E-state index in [1.807, 2.05) is 18.2 Å². The Balaban J connectivity index is 1.74. The molecule has 0 atom stereocenters. The van der Waals surface area contributed by atoms with Crippen LogP contribution in [0.25, 0.3) is 0 Å². The van der Waals surface area contributed by atoms with Gasteiger partial charge in [-0.05, 0) is 61.6 Å². The molecule has 0 aliphatic heterocycles. The maximum atomic E-state index is 13.6. The zero-order valence-electron chi connectivity index (χ0n) is 12.9. The van der Waals surface area contributed by atoms with E-state index in [1.54, 1.807) is 12.1 Å². The molecule has 0 heterocycles. The van der Waals surface area contributed by atoms with Gasteiger partial charge in [0.05, 0.1) is 5.56 Å². The third-order valence-corrected chi connectivity index (χ3v) is 4.69. The van der Waals surface area contributed by atoms with Gasteiger partial charge in [-0.3, -0.25) is 0 Å². The summed E-state index contributed by atoms with van der Waals surface area (Å²) in [6, 6.07) is 6.77. The fourth-order valence-electron chi connectivity index (χ4n) is 3.28. The van der Waals surface area contributed by atoms with Gasteiger partial charge in [-0.25, -0.2) is 8.78 Å². The Hall–Kier alpha value is -1.69. The van der Waals surface area contributed by atoms with Crippen LogP contribution in [0.4, 0.5) is 8.78 Å². The van der Waals surface area contributed by atoms with Gasteiger partial charge < -0.3 is 0 Å². The molecule has 2 rings (SSSR count). The van der Waals surface area contributed by atoms with Gasteiger partial charge in [0, 0.05) is 0 Å². The highest BCUT2D eigenvalue weighted by atomic mass is 19.1. The van der Waals surface area contributed by atoms with E-state index in [4.69, 9.17) is 5.26 Å². The van der Waals surface area contributed by atoms with Crippen molar-refractivity contribution in [2.24, 2.45) is 11.8 Å². The summed E-state index contributed by atoms with van der Waals surface area (Å²) < 4.78 is 25.6. The standard InChI is InChI=1S/C19H23F2N/c20-12-2-1-3-15-4-6-16(7-5-15)8-9-17-10-11-18(14-22)19(21)13-17/h1-2,10-11,13,15-16H,3-9,12H2/b2-1+. The quantitative estimate of drug-likeness (QED) is 0.650. The highest BCUT2D eigenvalue weighted by molar-refractivity contribution is 5.33. The van der Waals surface area contributed by atoms with Crippen LogP contribution in [0.2, 0.25) is 0 Å². The highest BCUT2D eigenvalue weighted by Gasteiger charge is 2.20. The van der Waals surface area contributed by atoms with Crippen molar-refractivity contribution >= 4 is 0 Å². The minimum absolute atomic E-state index is 0.116. The smallest absolute Gasteiger partial charge is 0.141 e. The average Bonchev–Trinajstić information content (AvgIpc) is 2.54. The fourth-order valence-corrected chi connectivity index (χ4v) is 3.28. The maximum absolute atomic E-state index is 13.6. The number of rotatable bonds is 6. The molecule has 1 aliphatic carbocycles. The topological polar surface area (TPSA) is 23.8 Å². The largest absolute Gasteiger partial charge is 0.247 e. The van der Waals surface area contributed by atoms with Crippen LogP contribution in [0.3, 0.4) is 0 Å². The summed E-state index contributed by atoms with van der Waals surface area (Å²) in [5.41, 5.74) is 1.09. The molecule has 0 saturated heterocycles. The number of aryl methyl sites for hydroxylation is 1. The first-order valence-corrected chi connectivity index (χ1v) is 8.12. The van der Waals surface area contributed by atoms with Crippen LogP contribution < -0.4 is 0 Å². The van der Waals surface area contributed by atoms with Crippen LogP contribution in [0, 0.1) is 29.0 Å². The second-order valence-electron chi connectivity index (χ2n) is 6.21. The molecule has 0 amide bonds. The van der Waals surface area contributed by atoms with Crippen LogP contribution in [0.5, 0.6) is 0 Å². The Labute approximate surface area is 131 Å². The van der Waals surface area contributed by atoms with Gasteiger partial charge >= 0.3 is 0 Å². The summed E-state index contributed by atoms with van der Waals surface area (Å²) in [7, 11) is 0. The molecule has 1 aromatic carbocycles. The highest BCUT2D eigenvalue weighted by Crippen LogP contribution is 2.33. The molecule has 1 fully saturated rings. The predicted molar refractivity (Wildman–Crippen MR) is 84.6 cm³/mol. The number of benzene rings is 1. The summed E-state index contributed by atoms with van der Waals surface area (Å²) in [6.07, 6.45) is 11.4. The molecule has 22 heavy (non-hydrogen) atoms. The second kappa shape index (κ2) is 8.68. The minimum Gasteiger partial charge on any atom is -0.247 e. The maximum Gasteiger partial charge on any atom is 0.141 e. The van der Waals surface area contributed by atoms with Crippen LogP contribution in [0.15, 0.2) is 30.4 Å². The molecule has 0 spiro atoms. The Morgan fingerprint density at radius 3 is 2.50 bits per heavy atom. The Kier molecular flexibility index (Phi) is 6.58. The summed E-state index contributed by atoms with van der Waals surface area (Å²) in [5, 5.41) is 8.73. The normalized spacial score (nSPS) is 21.9. The molecule has 0 bridgehead atoms. The van der Waals surface area contributed by atoms with Gasteiger partial charge in [0.1, 0.15) is 18.6 Å². The molecule has 1 nitrogen and oxygen atoms in total. The number of nitriles is 1. The van der Waals surface area contributed by atoms with E-state index in [1.165, 1.54) is 31.7 Å². The molecule has 3 heteroatoms. The molecule has 0 radical (unpaired) electrons. The molecule has 1 aromatic rings. The van der Waals surface area contributed by atoms with Crippen molar-refractivity contribution in [3.63, 3.8) is 0 Å². The molecule has 0 N–H and O–H groups in total. The zero-order valence-corrected chi connectivity index (χ0v) is 12.9. The lowest BCUT2D eigenvalue weighted by Gasteiger charge is -2.28. The van der Waals surface area contributed by atoms with Gasteiger partial charge in [0.2, 0.25) is 0 Å². The summed E-state index contributed by atoms with van der Waals surface area (Å²) in [4.78, 5) is 0. The molecule has 1 saturated carbocycles. The predicted octanol–water partition coefficient (Wildman–Crippen LogP) is 5.35. The van der Waals surface area contributed by atoms with Gasteiger partial charge in [0.15, 0.2) is 0 Å². The van der Waals surface area contributed by atoms with Gasteiger partial charge in [-0.2, -0.15) is 5.26 Å². The van der Waals surface area contributed by atoms with Crippen LogP contribution in [-0.4, -0.2) is 6.67 Å². The molecule has 1 aliphatic rings. The van der Waals surface area contributed by atoms with Gasteiger partial charge in [-0.1, -0.05) is 31.1 Å². The summed E-state index contributed by atoms with van der Waals surface area (Å²) in [6.45, 7) is -0.365. The van der Waals surface area contributed by atoms with Crippen molar-refractivity contribution in [2.75, 3.05) is 6.67 Å². The molecule has 118 valence electrons. The number of halogens is 2. The van der Waals surface area contributed by atoms with Gasteiger partial charge in [0.25, 0.3) is 0 Å². The van der Waals surface area contributed by atoms with Crippen LogP contribution in [-0.2, 0) is 6.42 Å². The lowest BCUT2D eigenvalue weighted by Crippen LogP contribution is -2.14. The molecular formula is C19H23F2N. The van der Waals surface area contributed by atoms with Crippen molar-refractivity contribution < 1.29 is 8.78 Å². The summed E-state index contributed by atoms with van der Waals surface area (Å²) >= 11 is 0. The molecule has 0 aromatic heterocycles. The third-order valence-electron chi connectivity index (χ3n) is 4.69. The number of hydrogen-bond donors (Lipinski definition) is 0. The first kappa shape index (κ1) is 16.7. The molecule has 0 unspecified atom stereocenters. The van der Waals surface area contributed by atoms with Crippen molar-refractivity contribution in [2.45, 2.75) is 44.9 Å². The Bertz CT molecular complexity index is 537. The van der Waals surface area contributed by atoms with E-state index < -0.39 is 5.82 Å². The van der Waals surface area contributed by atoms with Crippen LogP contribution >= 0.6 is 0 Å². The van der Waals surface area contributed by atoms with E-state index >= 15 is 0 Å². The van der Waals surface area contributed by atoms with E-state index in [0.29, 0.717) is 11.8 Å². The van der Waals surface area contributed by atoms with E-state index in [2.05, 4.69) is 0 Å². The monoisotopic (exact) mass is 303 g/mol. The SMILES string of the molecule is N#Cc1ccc(CCC2CCC(C/C=C/CF)CC2)cc1F. The van der Waals surface area contributed by atoms with Gasteiger partial charge in [-0.15, -0.1) is 0 Å². The minimum atomic E-state index is -0.414. The molecular weight excluding hydrogens is 280 g/mol. The summed E-state index contributed by atoms with van der Waals surface area (Å²) in [5.74, 6) is 0.995. The second-order valence-corrected chi connectivity index (χ2v) is 6.21. The van der Waals surface area contributed by atoms with Crippen molar-refractivity contribution in [1.82, 2.24) is 0 Å². The number of nitrogens with zero attached hydrogens (tertiary/aromatic N) is 1. The number of allylic oxidation sites excluding steroid dienone is 2. The van der Waals surface area contributed by atoms with Crippen LogP contribution in [0.1, 0.15) is 49.7 Å². The number of hydrogen-bond acceptors (Lipinski definition) is 1. The van der Waals surface area contributed by atoms with E-state index in [0.717, 1.165) is 24.8 Å². The lowest BCUT2D eigenvalue weighted by atomic mass is 9.78. The van der Waals surface area contributed by atoms with Crippen molar-refractivity contribution in [3.8, 4) is 6.07 Å². The Morgan fingerprint density at radius 1 is 1.14 bits per heavy atom. The zero-order chi connectivity index (χ0) is 15.8. The van der Waals surface area contributed by atoms with E-state index in [-0.39, 0.29) is 12.2 Å². The Morgan fingerprint density at radius 2 is 1.86 bits per heavy atom. The first-order valence-electron chi connectivity index (χ1n) is 8.12. The van der Waals surface area contributed by atoms with Crippen molar-refractivity contribution in [1.29, 1.82) is 5.26 Å². The van der Waals surface area contributed by atoms with Crippen molar-refractivity contribution in [3.05, 3.63) is 47.3 Å². The first-order chi connectivity index (χ1) is 10.7.